The average Bonchev–Trinajstić information content (AvgIpc) is 2.74. The summed E-state index contributed by atoms with van der Waals surface area (Å²) in [7, 11) is 3.44. The molecule has 6 nitrogen and oxygen atoms in total. The molecule has 0 spiro atoms. The fourth-order valence-corrected chi connectivity index (χ4v) is 2.74. The second-order valence-electron chi connectivity index (χ2n) is 6.69. The maximum atomic E-state index is 5.86. The van der Waals surface area contributed by atoms with Crippen molar-refractivity contribution in [2.24, 2.45) is 4.99 Å². The number of hydrogen-bond donors (Lipinski definition) is 2. The smallest absolute Gasteiger partial charge is 0.191 e. The van der Waals surface area contributed by atoms with Gasteiger partial charge in [0, 0.05) is 39.4 Å². The number of aliphatic imine (C=N–C) groups is 1. The number of halogens is 1. The van der Waals surface area contributed by atoms with Crippen LogP contribution in [-0.2, 0) is 29.2 Å². The highest BCUT2D eigenvalue weighted by Crippen LogP contribution is 2.20. The molecule has 7 heteroatoms. The second kappa shape index (κ2) is 15.0. The molecule has 0 saturated carbocycles. The minimum atomic E-state index is 0. The van der Waals surface area contributed by atoms with Crippen molar-refractivity contribution in [2.75, 3.05) is 34.0 Å². The molecule has 0 unspecified atom stereocenters. The number of guanidine groups is 1. The normalized spacial score (nSPS) is 11.0. The second-order valence-corrected chi connectivity index (χ2v) is 6.69. The van der Waals surface area contributed by atoms with Crippen LogP contribution >= 0.6 is 24.0 Å². The van der Waals surface area contributed by atoms with Crippen LogP contribution in [0.5, 0.6) is 5.75 Å². The standard InChI is InChI=1S/C23H33N3O3.HI/c1-5-28-17-20-9-7-19(8-10-20)15-25-23(24-3)26-16-21-11-6-18(2)14-22(21)29-13-12-27-4;/h6-11,14H,5,12-13,15-17H2,1-4H3,(H2,24,25,26);1H. The molecule has 0 aliphatic carbocycles. The van der Waals surface area contributed by atoms with Crippen LogP contribution in [0.1, 0.15) is 29.2 Å². The quantitative estimate of drug-likeness (QED) is 0.200. The van der Waals surface area contributed by atoms with E-state index >= 15 is 0 Å². The van der Waals surface area contributed by atoms with Gasteiger partial charge in [-0.25, -0.2) is 0 Å². The highest BCUT2D eigenvalue weighted by Gasteiger charge is 2.06. The monoisotopic (exact) mass is 527 g/mol. The van der Waals surface area contributed by atoms with Crippen molar-refractivity contribution in [1.82, 2.24) is 10.6 Å². The van der Waals surface area contributed by atoms with Crippen molar-refractivity contribution in [2.45, 2.75) is 33.5 Å². The summed E-state index contributed by atoms with van der Waals surface area (Å²) in [6.45, 7) is 7.84. The zero-order valence-corrected chi connectivity index (χ0v) is 20.7. The Kier molecular flexibility index (Phi) is 13.1. The number of nitrogens with zero attached hydrogens (tertiary/aromatic N) is 1. The van der Waals surface area contributed by atoms with Gasteiger partial charge in [0.05, 0.1) is 13.2 Å². The minimum absolute atomic E-state index is 0. The molecule has 2 aromatic rings. The highest BCUT2D eigenvalue weighted by molar-refractivity contribution is 14.0. The lowest BCUT2D eigenvalue weighted by molar-refractivity contribution is 0.134. The van der Waals surface area contributed by atoms with E-state index in [9.17, 15) is 0 Å². The Morgan fingerprint density at radius 1 is 0.967 bits per heavy atom. The molecule has 0 saturated heterocycles. The molecular formula is C23H34IN3O3. The zero-order valence-electron chi connectivity index (χ0n) is 18.4. The molecule has 0 heterocycles. The summed E-state index contributed by atoms with van der Waals surface area (Å²) in [5, 5.41) is 6.70. The summed E-state index contributed by atoms with van der Waals surface area (Å²) in [5.74, 6) is 1.61. The third-order valence-corrected chi connectivity index (χ3v) is 4.39. The molecule has 0 atom stereocenters. The Morgan fingerprint density at radius 3 is 2.33 bits per heavy atom. The van der Waals surface area contributed by atoms with Gasteiger partial charge in [0.15, 0.2) is 5.96 Å². The van der Waals surface area contributed by atoms with E-state index in [4.69, 9.17) is 14.2 Å². The van der Waals surface area contributed by atoms with Gasteiger partial charge in [-0.05, 0) is 36.6 Å². The number of aryl methyl sites for hydroxylation is 1. The summed E-state index contributed by atoms with van der Waals surface area (Å²) in [4.78, 5) is 4.31. The minimum Gasteiger partial charge on any atom is -0.491 e. The van der Waals surface area contributed by atoms with Crippen LogP contribution in [0.15, 0.2) is 47.5 Å². The van der Waals surface area contributed by atoms with Crippen molar-refractivity contribution in [3.63, 3.8) is 0 Å². The van der Waals surface area contributed by atoms with Gasteiger partial charge in [-0.15, -0.1) is 24.0 Å². The first-order chi connectivity index (χ1) is 14.2. The summed E-state index contributed by atoms with van der Waals surface area (Å²) in [5.41, 5.74) is 4.61. The van der Waals surface area contributed by atoms with Crippen LogP contribution in [0, 0.1) is 6.92 Å². The van der Waals surface area contributed by atoms with Crippen molar-refractivity contribution in [3.05, 3.63) is 64.7 Å². The van der Waals surface area contributed by atoms with Crippen LogP contribution in [0.25, 0.3) is 0 Å². The Labute approximate surface area is 197 Å². The van der Waals surface area contributed by atoms with Gasteiger partial charge in [-0.3, -0.25) is 4.99 Å². The van der Waals surface area contributed by atoms with E-state index in [2.05, 4.69) is 58.9 Å². The molecule has 166 valence electrons. The van der Waals surface area contributed by atoms with Gasteiger partial charge in [0.2, 0.25) is 0 Å². The molecular weight excluding hydrogens is 493 g/mol. The van der Waals surface area contributed by atoms with Crippen molar-refractivity contribution in [3.8, 4) is 5.75 Å². The molecule has 0 aliphatic rings. The lowest BCUT2D eigenvalue weighted by Crippen LogP contribution is -2.36. The Morgan fingerprint density at radius 2 is 1.67 bits per heavy atom. The predicted octanol–water partition coefficient (Wildman–Crippen LogP) is 4.04. The number of benzene rings is 2. The molecule has 2 rings (SSSR count). The van der Waals surface area contributed by atoms with E-state index in [1.54, 1.807) is 14.2 Å². The summed E-state index contributed by atoms with van der Waals surface area (Å²) < 4.78 is 16.4. The summed E-state index contributed by atoms with van der Waals surface area (Å²) >= 11 is 0. The van der Waals surface area contributed by atoms with Gasteiger partial charge in [-0.1, -0.05) is 36.4 Å². The molecule has 30 heavy (non-hydrogen) atoms. The Hall–Kier alpha value is -1.84. The van der Waals surface area contributed by atoms with E-state index in [0.717, 1.165) is 29.4 Å². The number of hydrogen-bond acceptors (Lipinski definition) is 4. The molecule has 2 aromatic carbocycles. The van der Waals surface area contributed by atoms with Crippen LogP contribution in [0.4, 0.5) is 0 Å². The SMILES string of the molecule is CCOCc1ccc(CNC(=NC)NCc2ccc(C)cc2OCCOC)cc1.I. The van der Waals surface area contributed by atoms with Gasteiger partial charge in [-0.2, -0.15) is 0 Å². The largest absolute Gasteiger partial charge is 0.491 e. The van der Waals surface area contributed by atoms with E-state index in [1.165, 1.54) is 11.1 Å². The van der Waals surface area contributed by atoms with Gasteiger partial charge in [0.1, 0.15) is 12.4 Å². The lowest BCUT2D eigenvalue weighted by atomic mass is 10.1. The predicted molar refractivity (Wildman–Crippen MR) is 133 cm³/mol. The number of nitrogens with one attached hydrogen (secondary N) is 2. The Balaban J connectivity index is 0.00000450. The number of rotatable bonds is 11. The van der Waals surface area contributed by atoms with E-state index in [1.807, 2.05) is 13.0 Å². The summed E-state index contributed by atoms with van der Waals surface area (Å²) in [6, 6.07) is 14.6. The summed E-state index contributed by atoms with van der Waals surface area (Å²) in [6.07, 6.45) is 0. The molecule has 0 radical (unpaired) electrons. The molecule has 0 bridgehead atoms. The van der Waals surface area contributed by atoms with Crippen LogP contribution < -0.4 is 15.4 Å². The molecule has 0 amide bonds. The fourth-order valence-electron chi connectivity index (χ4n) is 2.74. The van der Waals surface area contributed by atoms with E-state index < -0.39 is 0 Å². The van der Waals surface area contributed by atoms with Gasteiger partial charge in [0.25, 0.3) is 0 Å². The maximum absolute atomic E-state index is 5.86. The fraction of sp³-hybridized carbons (Fsp3) is 0.435. The van der Waals surface area contributed by atoms with Gasteiger partial charge >= 0.3 is 0 Å². The molecule has 0 fully saturated rings. The van der Waals surface area contributed by atoms with E-state index in [-0.39, 0.29) is 24.0 Å². The first-order valence-electron chi connectivity index (χ1n) is 9.97. The first-order valence-corrected chi connectivity index (χ1v) is 9.97. The molecule has 2 N–H and O–H groups in total. The average molecular weight is 527 g/mol. The number of ether oxygens (including phenoxy) is 3. The molecule has 0 aliphatic heterocycles. The third kappa shape index (κ3) is 9.32. The van der Waals surface area contributed by atoms with Crippen molar-refractivity contribution >= 4 is 29.9 Å². The van der Waals surface area contributed by atoms with Crippen LogP contribution in [-0.4, -0.2) is 39.9 Å². The molecule has 0 aromatic heterocycles. The van der Waals surface area contributed by atoms with E-state index in [0.29, 0.717) is 32.9 Å². The van der Waals surface area contributed by atoms with Crippen molar-refractivity contribution < 1.29 is 14.2 Å². The van der Waals surface area contributed by atoms with Crippen LogP contribution in [0.2, 0.25) is 0 Å². The number of methoxy groups -OCH3 is 1. The zero-order chi connectivity index (χ0) is 20.9. The lowest BCUT2D eigenvalue weighted by Gasteiger charge is -2.15. The van der Waals surface area contributed by atoms with Crippen LogP contribution in [0.3, 0.4) is 0 Å². The Bertz CT molecular complexity index is 767. The maximum Gasteiger partial charge on any atom is 0.191 e. The highest BCUT2D eigenvalue weighted by atomic mass is 127. The van der Waals surface area contributed by atoms with Gasteiger partial charge < -0.3 is 24.8 Å². The van der Waals surface area contributed by atoms with Crippen molar-refractivity contribution in [1.29, 1.82) is 0 Å². The first kappa shape index (κ1) is 26.2. The topological polar surface area (TPSA) is 64.1 Å². The third-order valence-electron chi connectivity index (χ3n) is 4.39.